The van der Waals surface area contributed by atoms with E-state index in [1.807, 2.05) is 6.92 Å². The van der Waals surface area contributed by atoms with Crippen molar-refractivity contribution in [2.45, 2.75) is 26.8 Å². The third-order valence-corrected chi connectivity index (χ3v) is 0.372. The normalized spacial score (nSPS) is 9.62. The fraction of sp³-hybridized carbons (Fsp3) is 0.714. The van der Waals surface area contributed by atoms with E-state index in [0.29, 0.717) is 6.54 Å². The largest absolute Gasteiger partial charge is 0.481 e. The Morgan fingerprint density at radius 1 is 1.23 bits per heavy atom. The molecule has 0 aliphatic carbocycles. The van der Waals surface area contributed by atoms with Crippen LogP contribution in [0.5, 0.6) is 0 Å². The fourth-order valence-corrected chi connectivity index (χ4v) is 0. The molecule has 0 spiro atoms. The number of aliphatic carboxylic acids is 2. The Bertz CT molecular complexity index is 116. The lowest BCUT2D eigenvalue weighted by Crippen LogP contribution is -2.25. The molecule has 1 atom stereocenters. The minimum atomic E-state index is -0.833. The molecule has 0 aliphatic rings. The van der Waals surface area contributed by atoms with Gasteiger partial charge >= 0.3 is 0 Å². The van der Waals surface area contributed by atoms with E-state index < -0.39 is 11.9 Å². The van der Waals surface area contributed by atoms with Gasteiger partial charge in [0.05, 0.1) is 0 Å². The molecule has 0 aromatic rings. The summed E-state index contributed by atoms with van der Waals surface area (Å²) in [5.41, 5.74) is 10.2. The summed E-state index contributed by atoms with van der Waals surface area (Å²) in [5, 5.41) is 14.8. The van der Waals surface area contributed by atoms with Crippen molar-refractivity contribution >= 4 is 11.9 Å². The van der Waals surface area contributed by atoms with Crippen LogP contribution in [0.15, 0.2) is 0 Å². The molecule has 0 fully saturated rings. The Labute approximate surface area is 77.5 Å². The molecule has 0 saturated carbocycles. The lowest BCUT2D eigenvalue weighted by atomic mass is 10.4. The standard InChI is InChI=1S/C3H10N2.2C2H4O2/c1-3(5)2-4;2*1-2(3)4/h3H,2,4-5H2,1H3;2*1H3,(H,3,4). The van der Waals surface area contributed by atoms with E-state index in [0.717, 1.165) is 13.8 Å². The van der Waals surface area contributed by atoms with Crippen molar-refractivity contribution in [3.63, 3.8) is 0 Å². The van der Waals surface area contributed by atoms with E-state index in [-0.39, 0.29) is 6.04 Å². The van der Waals surface area contributed by atoms with E-state index in [2.05, 4.69) is 0 Å². The van der Waals surface area contributed by atoms with Crippen molar-refractivity contribution < 1.29 is 19.8 Å². The van der Waals surface area contributed by atoms with Gasteiger partial charge in [-0.15, -0.1) is 0 Å². The maximum absolute atomic E-state index is 9.00. The van der Waals surface area contributed by atoms with Crippen LogP contribution in [0.1, 0.15) is 20.8 Å². The van der Waals surface area contributed by atoms with Gasteiger partial charge in [0.25, 0.3) is 11.9 Å². The van der Waals surface area contributed by atoms with Gasteiger partial charge in [-0.25, -0.2) is 0 Å². The lowest BCUT2D eigenvalue weighted by Gasteiger charge is -1.92. The van der Waals surface area contributed by atoms with Crippen molar-refractivity contribution in [1.82, 2.24) is 0 Å². The molecule has 0 aromatic heterocycles. The molecular formula is C7H18N2O4. The first kappa shape index (κ1) is 17.8. The molecule has 6 N–H and O–H groups in total. The van der Waals surface area contributed by atoms with Crippen LogP contribution in [0, 0.1) is 0 Å². The molecule has 0 bridgehead atoms. The molecule has 0 aliphatic heterocycles. The van der Waals surface area contributed by atoms with Crippen LogP contribution in [-0.4, -0.2) is 34.7 Å². The van der Waals surface area contributed by atoms with Crippen molar-refractivity contribution in [3.8, 4) is 0 Å². The fourth-order valence-electron chi connectivity index (χ4n) is 0. The van der Waals surface area contributed by atoms with Gasteiger partial charge in [-0.05, 0) is 6.92 Å². The molecule has 6 heteroatoms. The van der Waals surface area contributed by atoms with Crippen molar-refractivity contribution in [1.29, 1.82) is 0 Å². The summed E-state index contributed by atoms with van der Waals surface area (Å²) in [7, 11) is 0. The van der Waals surface area contributed by atoms with Crippen LogP contribution in [0.3, 0.4) is 0 Å². The zero-order chi connectivity index (χ0) is 11.4. The maximum atomic E-state index is 9.00. The van der Waals surface area contributed by atoms with Crippen LogP contribution in [0.2, 0.25) is 0 Å². The average molecular weight is 194 g/mol. The zero-order valence-corrected chi connectivity index (χ0v) is 8.15. The molecule has 6 nitrogen and oxygen atoms in total. The van der Waals surface area contributed by atoms with E-state index in [1.165, 1.54) is 0 Å². The van der Waals surface area contributed by atoms with Gasteiger partial charge in [-0.1, -0.05) is 0 Å². The second-order valence-electron chi connectivity index (χ2n) is 2.25. The number of rotatable bonds is 1. The van der Waals surface area contributed by atoms with E-state index >= 15 is 0 Å². The summed E-state index contributed by atoms with van der Waals surface area (Å²) >= 11 is 0. The highest BCUT2D eigenvalue weighted by atomic mass is 16.4. The first-order valence-electron chi connectivity index (χ1n) is 3.58. The van der Waals surface area contributed by atoms with Gasteiger partial charge < -0.3 is 21.7 Å². The van der Waals surface area contributed by atoms with E-state index in [4.69, 9.17) is 31.3 Å². The molecule has 0 aromatic carbocycles. The molecule has 0 heterocycles. The quantitative estimate of drug-likeness (QED) is 0.444. The monoisotopic (exact) mass is 194 g/mol. The summed E-state index contributed by atoms with van der Waals surface area (Å²) < 4.78 is 0. The molecule has 13 heavy (non-hydrogen) atoms. The van der Waals surface area contributed by atoms with Crippen LogP contribution in [-0.2, 0) is 9.59 Å². The lowest BCUT2D eigenvalue weighted by molar-refractivity contribution is -0.135. The van der Waals surface area contributed by atoms with Crippen LogP contribution >= 0.6 is 0 Å². The van der Waals surface area contributed by atoms with Crippen LogP contribution < -0.4 is 11.5 Å². The first-order chi connectivity index (χ1) is 5.73. The van der Waals surface area contributed by atoms with Gasteiger partial charge in [0.1, 0.15) is 0 Å². The Hall–Kier alpha value is -1.14. The van der Waals surface area contributed by atoms with Crippen molar-refractivity contribution in [3.05, 3.63) is 0 Å². The first-order valence-corrected chi connectivity index (χ1v) is 3.58. The second-order valence-corrected chi connectivity index (χ2v) is 2.25. The van der Waals surface area contributed by atoms with Gasteiger partial charge in [0, 0.05) is 26.4 Å². The van der Waals surface area contributed by atoms with Gasteiger partial charge in [0.15, 0.2) is 0 Å². The third-order valence-electron chi connectivity index (χ3n) is 0.372. The number of hydrogen-bond donors (Lipinski definition) is 4. The van der Waals surface area contributed by atoms with Crippen molar-refractivity contribution in [2.24, 2.45) is 11.5 Å². The summed E-state index contributed by atoms with van der Waals surface area (Å²) in [4.78, 5) is 18.0. The molecule has 0 saturated heterocycles. The number of carboxylic acids is 2. The molecular weight excluding hydrogens is 176 g/mol. The number of carboxylic acid groups (broad SMARTS) is 2. The highest BCUT2D eigenvalue weighted by molar-refractivity contribution is 5.63. The SMILES string of the molecule is CC(=O)O.CC(=O)O.CC(N)CN. The van der Waals surface area contributed by atoms with Gasteiger partial charge in [0.2, 0.25) is 0 Å². The average Bonchev–Trinajstić information content (AvgIpc) is 1.84. The molecule has 0 amide bonds. The number of nitrogens with two attached hydrogens (primary N) is 2. The number of hydrogen-bond acceptors (Lipinski definition) is 4. The Balaban J connectivity index is -0.000000117. The second kappa shape index (κ2) is 13.4. The predicted octanol–water partition coefficient (Wildman–Crippen LogP) is -0.526. The molecule has 1 unspecified atom stereocenters. The van der Waals surface area contributed by atoms with Gasteiger partial charge in [-0.2, -0.15) is 0 Å². The Morgan fingerprint density at radius 3 is 1.31 bits per heavy atom. The maximum Gasteiger partial charge on any atom is 0.300 e. The van der Waals surface area contributed by atoms with Gasteiger partial charge in [-0.3, -0.25) is 9.59 Å². The van der Waals surface area contributed by atoms with Crippen molar-refractivity contribution in [2.75, 3.05) is 6.54 Å². The highest BCUT2D eigenvalue weighted by Crippen LogP contribution is 1.59. The summed E-state index contributed by atoms with van der Waals surface area (Å²) in [6.07, 6.45) is 0. The molecule has 80 valence electrons. The van der Waals surface area contributed by atoms with E-state index in [9.17, 15) is 0 Å². The number of carbonyl (C=O) groups is 2. The molecule has 0 rings (SSSR count). The van der Waals surface area contributed by atoms with Crippen LogP contribution in [0.25, 0.3) is 0 Å². The summed E-state index contributed by atoms with van der Waals surface area (Å²) in [6, 6.07) is 0.162. The van der Waals surface area contributed by atoms with E-state index in [1.54, 1.807) is 0 Å². The third kappa shape index (κ3) is 1150. The predicted molar refractivity (Wildman–Crippen MR) is 49.3 cm³/mol. The summed E-state index contributed by atoms with van der Waals surface area (Å²) in [5.74, 6) is -1.67. The molecule has 0 radical (unpaired) electrons. The minimum Gasteiger partial charge on any atom is -0.481 e. The zero-order valence-electron chi connectivity index (χ0n) is 8.15. The smallest absolute Gasteiger partial charge is 0.300 e. The topological polar surface area (TPSA) is 127 Å². The summed E-state index contributed by atoms with van der Waals surface area (Å²) in [6.45, 7) is 4.62. The minimum absolute atomic E-state index is 0.162. The highest BCUT2D eigenvalue weighted by Gasteiger charge is 1.79. The van der Waals surface area contributed by atoms with Crippen LogP contribution in [0.4, 0.5) is 0 Å². The Morgan fingerprint density at radius 2 is 1.31 bits per heavy atom. The Kier molecular flexibility index (Phi) is 18.4.